The number of anilines is 1. The van der Waals surface area contributed by atoms with Crippen LogP contribution in [0.3, 0.4) is 0 Å². The molecule has 0 radical (unpaired) electrons. The van der Waals surface area contributed by atoms with Crippen LogP contribution in [0.2, 0.25) is 0 Å². The summed E-state index contributed by atoms with van der Waals surface area (Å²) in [6, 6.07) is 7.33. The molecular weight excluding hydrogens is 368 g/mol. The maximum absolute atomic E-state index is 4.56. The Balaban J connectivity index is 1.35. The van der Waals surface area contributed by atoms with Crippen LogP contribution >= 0.6 is 15.9 Å². The van der Waals surface area contributed by atoms with Crippen molar-refractivity contribution < 1.29 is 0 Å². The van der Waals surface area contributed by atoms with Gasteiger partial charge in [0.05, 0.1) is 11.1 Å². The number of pyridine rings is 1. The fraction of sp³-hybridized carbons (Fsp3) is 0.353. The highest BCUT2D eigenvalue weighted by molar-refractivity contribution is 9.10. The van der Waals surface area contributed by atoms with Crippen molar-refractivity contribution in [1.29, 1.82) is 0 Å². The lowest BCUT2D eigenvalue weighted by atomic mass is 10.2. The smallest absolute Gasteiger partial charge is 0.142 e. The van der Waals surface area contributed by atoms with E-state index in [-0.39, 0.29) is 0 Å². The summed E-state index contributed by atoms with van der Waals surface area (Å²) in [7, 11) is 0. The fourth-order valence-corrected chi connectivity index (χ4v) is 4.23. The van der Waals surface area contributed by atoms with E-state index in [4.69, 9.17) is 0 Å². The number of fused-ring (bicyclic) bond motifs is 3. The van der Waals surface area contributed by atoms with Crippen LogP contribution in [0.25, 0.3) is 11.0 Å². The van der Waals surface area contributed by atoms with Gasteiger partial charge in [-0.15, -0.1) is 0 Å². The molecule has 122 valence electrons. The predicted molar refractivity (Wildman–Crippen MR) is 95.8 cm³/mol. The average molecular weight is 385 g/mol. The summed E-state index contributed by atoms with van der Waals surface area (Å²) >= 11 is 3.44. The van der Waals surface area contributed by atoms with Gasteiger partial charge in [-0.25, -0.2) is 9.97 Å². The van der Waals surface area contributed by atoms with E-state index in [0.29, 0.717) is 12.1 Å². The van der Waals surface area contributed by atoms with Gasteiger partial charge in [0, 0.05) is 48.6 Å². The number of aromatic amines is 1. The summed E-state index contributed by atoms with van der Waals surface area (Å²) in [6.45, 7) is 3.02. The minimum Gasteiger partial charge on any atom is -0.350 e. The number of nitrogens with one attached hydrogen (secondary N) is 1. The molecule has 6 nitrogen and oxygen atoms in total. The SMILES string of the molecule is Brc1ccc(CN2CC3CC2CN3c2ncnc3[nH]ccc23)nc1. The molecule has 2 atom stereocenters. The monoisotopic (exact) mass is 384 g/mol. The Morgan fingerprint density at radius 2 is 2.08 bits per heavy atom. The molecule has 2 bridgehead atoms. The Morgan fingerprint density at radius 1 is 1.12 bits per heavy atom. The van der Waals surface area contributed by atoms with Gasteiger partial charge < -0.3 is 9.88 Å². The number of piperazine rings is 1. The van der Waals surface area contributed by atoms with Crippen LogP contribution in [0.4, 0.5) is 5.82 Å². The molecule has 5 rings (SSSR count). The van der Waals surface area contributed by atoms with Gasteiger partial charge in [-0.2, -0.15) is 0 Å². The average Bonchev–Trinajstić information content (AvgIpc) is 3.31. The molecule has 0 aromatic carbocycles. The van der Waals surface area contributed by atoms with Crippen LogP contribution < -0.4 is 4.90 Å². The van der Waals surface area contributed by atoms with Crippen molar-refractivity contribution in [3.05, 3.63) is 47.1 Å². The third kappa shape index (κ3) is 2.31. The number of H-pyrrole nitrogens is 1. The summed E-state index contributed by atoms with van der Waals surface area (Å²) in [5, 5.41) is 1.12. The minimum atomic E-state index is 0.526. The highest BCUT2D eigenvalue weighted by Gasteiger charge is 2.44. The summed E-state index contributed by atoms with van der Waals surface area (Å²) < 4.78 is 1.03. The third-order valence-electron chi connectivity index (χ3n) is 5.11. The first-order chi connectivity index (χ1) is 11.8. The predicted octanol–water partition coefficient (Wildman–Crippen LogP) is 2.58. The first-order valence-electron chi connectivity index (χ1n) is 8.17. The Labute approximate surface area is 148 Å². The molecule has 2 aliphatic heterocycles. The van der Waals surface area contributed by atoms with E-state index in [1.807, 2.05) is 12.4 Å². The van der Waals surface area contributed by atoms with Crippen LogP contribution in [-0.2, 0) is 6.54 Å². The maximum atomic E-state index is 4.56. The minimum absolute atomic E-state index is 0.526. The molecule has 7 heteroatoms. The summed E-state index contributed by atoms with van der Waals surface area (Å²) in [4.78, 5) is 21.5. The van der Waals surface area contributed by atoms with Crippen LogP contribution in [0.15, 0.2) is 41.4 Å². The molecule has 0 saturated carbocycles. The van der Waals surface area contributed by atoms with Gasteiger partial charge in [-0.1, -0.05) is 0 Å². The number of aromatic nitrogens is 4. The molecule has 24 heavy (non-hydrogen) atoms. The van der Waals surface area contributed by atoms with Crippen molar-refractivity contribution in [3.8, 4) is 0 Å². The van der Waals surface area contributed by atoms with Crippen molar-refractivity contribution in [2.45, 2.75) is 25.0 Å². The molecular formula is C17H17BrN6. The maximum Gasteiger partial charge on any atom is 0.142 e. The quantitative estimate of drug-likeness (QED) is 0.751. The molecule has 3 aromatic rings. The van der Waals surface area contributed by atoms with Crippen molar-refractivity contribution in [2.24, 2.45) is 0 Å². The Hall–Kier alpha value is -1.99. The van der Waals surface area contributed by atoms with Crippen LogP contribution in [0.5, 0.6) is 0 Å². The fourth-order valence-electron chi connectivity index (χ4n) is 4.00. The van der Waals surface area contributed by atoms with E-state index in [9.17, 15) is 0 Å². The van der Waals surface area contributed by atoms with Gasteiger partial charge in [-0.3, -0.25) is 9.88 Å². The van der Waals surface area contributed by atoms with Gasteiger partial charge in [0.1, 0.15) is 17.8 Å². The van der Waals surface area contributed by atoms with Crippen molar-refractivity contribution in [2.75, 3.05) is 18.0 Å². The second kappa shape index (κ2) is 5.53. The van der Waals surface area contributed by atoms with Crippen LogP contribution in [-0.4, -0.2) is 50.0 Å². The molecule has 0 aliphatic carbocycles. The number of hydrogen-bond donors (Lipinski definition) is 1. The Morgan fingerprint density at radius 3 is 2.88 bits per heavy atom. The highest BCUT2D eigenvalue weighted by atomic mass is 79.9. The molecule has 2 fully saturated rings. The van der Waals surface area contributed by atoms with E-state index in [1.165, 1.54) is 6.42 Å². The zero-order chi connectivity index (χ0) is 16.1. The van der Waals surface area contributed by atoms with Gasteiger partial charge in [0.15, 0.2) is 0 Å². The Bertz CT molecular complexity index is 876. The van der Waals surface area contributed by atoms with E-state index < -0.39 is 0 Å². The van der Waals surface area contributed by atoms with Crippen molar-refractivity contribution in [1.82, 2.24) is 24.8 Å². The summed E-state index contributed by atoms with van der Waals surface area (Å²) in [6.07, 6.45) is 6.66. The molecule has 0 spiro atoms. The molecule has 2 aliphatic rings. The van der Waals surface area contributed by atoms with Crippen LogP contribution in [0.1, 0.15) is 12.1 Å². The lowest BCUT2D eigenvalue weighted by molar-refractivity contribution is 0.227. The molecule has 2 saturated heterocycles. The van der Waals surface area contributed by atoms with Gasteiger partial charge >= 0.3 is 0 Å². The number of likely N-dealkylation sites (tertiary alicyclic amines) is 1. The molecule has 3 aromatic heterocycles. The van der Waals surface area contributed by atoms with Gasteiger partial charge in [-0.05, 0) is 40.5 Å². The van der Waals surface area contributed by atoms with Crippen LogP contribution in [0, 0.1) is 0 Å². The second-order valence-electron chi connectivity index (χ2n) is 6.53. The number of nitrogens with zero attached hydrogens (tertiary/aromatic N) is 5. The molecule has 5 heterocycles. The highest BCUT2D eigenvalue weighted by Crippen LogP contribution is 2.36. The largest absolute Gasteiger partial charge is 0.350 e. The number of halogens is 1. The van der Waals surface area contributed by atoms with Gasteiger partial charge in [0.25, 0.3) is 0 Å². The van der Waals surface area contributed by atoms with E-state index in [1.54, 1.807) is 6.33 Å². The molecule has 2 unspecified atom stereocenters. The standard InChI is InChI=1S/C17H17BrN6/c18-11-1-2-12(20-6-11)7-23-8-14-5-13(23)9-24(14)17-15-3-4-19-16(15)21-10-22-17/h1-4,6,10,13-14H,5,7-9H2,(H,19,21,22). The van der Waals surface area contributed by atoms with E-state index in [2.05, 4.69) is 63.9 Å². The number of hydrogen-bond acceptors (Lipinski definition) is 5. The lowest BCUT2D eigenvalue weighted by Gasteiger charge is -2.34. The third-order valence-corrected chi connectivity index (χ3v) is 5.58. The molecule has 0 amide bonds. The topological polar surface area (TPSA) is 60.9 Å². The summed E-state index contributed by atoms with van der Waals surface area (Å²) in [5.41, 5.74) is 2.05. The van der Waals surface area contributed by atoms with E-state index >= 15 is 0 Å². The molecule has 1 N–H and O–H groups in total. The lowest BCUT2D eigenvalue weighted by Crippen LogP contribution is -2.46. The summed E-state index contributed by atoms with van der Waals surface area (Å²) in [5.74, 6) is 1.06. The zero-order valence-corrected chi connectivity index (χ0v) is 14.6. The first kappa shape index (κ1) is 14.4. The van der Waals surface area contributed by atoms with Crippen molar-refractivity contribution >= 4 is 32.8 Å². The second-order valence-corrected chi connectivity index (χ2v) is 7.45. The Kier molecular flexibility index (Phi) is 3.31. The van der Waals surface area contributed by atoms with Gasteiger partial charge in [0.2, 0.25) is 0 Å². The number of rotatable bonds is 3. The zero-order valence-electron chi connectivity index (χ0n) is 13.1. The van der Waals surface area contributed by atoms with E-state index in [0.717, 1.165) is 46.7 Å². The van der Waals surface area contributed by atoms with Crippen molar-refractivity contribution in [3.63, 3.8) is 0 Å². The normalized spacial score (nSPS) is 23.5. The first-order valence-corrected chi connectivity index (χ1v) is 8.96.